The molecular weight excluding hydrogens is 404 g/mol. The highest BCUT2D eigenvalue weighted by molar-refractivity contribution is 5.74. The Morgan fingerprint density at radius 1 is 1.13 bits per heavy atom. The lowest BCUT2D eigenvalue weighted by atomic mass is 10.0. The summed E-state index contributed by atoms with van der Waals surface area (Å²) in [7, 11) is 1.60. The molecule has 10 nitrogen and oxygen atoms in total. The van der Waals surface area contributed by atoms with Gasteiger partial charge in [-0.3, -0.25) is 9.59 Å². The minimum absolute atomic E-state index is 0.183. The summed E-state index contributed by atoms with van der Waals surface area (Å²) in [5, 5.41) is 21.7. The molecule has 0 aromatic heterocycles. The summed E-state index contributed by atoms with van der Waals surface area (Å²) in [6.45, 7) is 3.12. The van der Waals surface area contributed by atoms with E-state index in [2.05, 4.69) is 21.3 Å². The van der Waals surface area contributed by atoms with Crippen LogP contribution in [0.25, 0.3) is 0 Å². The van der Waals surface area contributed by atoms with Gasteiger partial charge in [0.15, 0.2) is 0 Å². The van der Waals surface area contributed by atoms with Crippen molar-refractivity contribution < 1.29 is 19.4 Å². The fourth-order valence-corrected chi connectivity index (χ4v) is 3.56. The monoisotopic (exact) mass is 432 g/mol. The maximum atomic E-state index is 12.2. The molecule has 1 amide bonds. The summed E-state index contributed by atoms with van der Waals surface area (Å²) >= 11 is 0. The van der Waals surface area contributed by atoms with Crippen LogP contribution in [-0.2, 0) is 11.2 Å². The number of nitrogens with one attached hydrogen (secondary N) is 4. The number of aliphatic hydroxyl groups excluding tert-OH is 1. The Morgan fingerprint density at radius 3 is 2.45 bits per heavy atom. The van der Waals surface area contributed by atoms with Gasteiger partial charge in [0.05, 0.1) is 13.2 Å². The SMILES string of the molecule is CCNc1c(NCCNC(=O)O[C@@H]2[C@@H](O)CN[C@@H]2Cc2ccc(OC)cc2)c(=O)c1=O. The van der Waals surface area contributed by atoms with E-state index in [0.29, 0.717) is 19.5 Å². The predicted octanol–water partition coefficient (Wildman–Crippen LogP) is -0.195. The summed E-state index contributed by atoms with van der Waals surface area (Å²) in [4.78, 5) is 35.3. The zero-order valence-electron chi connectivity index (χ0n) is 17.6. The number of β-amino-alcohol motifs (C(OH)–C–C–N with tert-alkyl or cyclic N) is 1. The van der Waals surface area contributed by atoms with Crippen molar-refractivity contribution in [2.45, 2.75) is 31.6 Å². The van der Waals surface area contributed by atoms with E-state index in [1.807, 2.05) is 31.2 Å². The number of alkyl carbamates (subject to hydrolysis) is 1. The molecule has 1 aliphatic rings. The second kappa shape index (κ2) is 10.3. The first-order valence-electron chi connectivity index (χ1n) is 10.2. The molecule has 3 rings (SSSR count). The van der Waals surface area contributed by atoms with Crippen molar-refractivity contribution in [3.63, 3.8) is 0 Å². The largest absolute Gasteiger partial charge is 0.497 e. The smallest absolute Gasteiger partial charge is 0.407 e. The first kappa shape index (κ1) is 22.6. The molecule has 10 heteroatoms. The van der Waals surface area contributed by atoms with Crippen molar-refractivity contribution in [3.8, 4) is 5.75 Å². The molecule has 0 aliphatic carbocycles. The van der Waals surface area contributed by atoms with E-state index in [1.165, 1.54) is 0 Å². The predicted molar refractivity (Wildman–Crippen MR) is 117 cm³/mol. The Kier molecular flexibility index (Phi) is 7.48. The van der Waals surface area contributed by atoms with Crippen LogP contribution in [-0.4, -0.2) is 62.7 Å². The van der Waals surface area contributed by atoms with Crippen LogP contribution in [0.4, 0.5) is 16.2 Å². The van der Waals surface area contributed by atoms with Crippen LogP contribution in [0, 0.1) is 0 Å². The average Bonchev–Trinajstić information content (AvgIpc) is 3.11. The molecule has 0 bridgehead atoms. The molecule has 0 radical (unpaired) electrons. The van der Waals surface area contributed by atoms with Crippen LogP contribution in [0.5, 0.6) is 5.75 Å². The fraction of sp³-hybridized carbons (Fsp3) is 0.476. The van der Waals surface area contributed by atoms with Crippen molar-refractivity contribution in [2.24, 2.45) is 0 Å². The van der Waals surface area contributed by atoms with Gasteiger partial charge in [0, 0.05) is 26.2 Å². The number of methoxy groups -OCH3 is 1. The quantitative estimate of drug-likeness (QED) is 0.255. The maximum Gasteiger partial charge on any atom is 0.407 e. The molecule has 5 N–H and O–H groups in total. The summed E-state index contributed by atoms with van der Waals surface area (Å²) < 4.78 is 10.6. The van der Waals surface area contributed by atoms with Crippen molar-refractivity contribution in [1.82, 2.24) is 10.6 Å². The lowest BCUT2D eigenvalue weighted by Crippen LogP contribution is -2.42. The molecule has 1 heterocycles. The number of anilines is 2. The normalized spacial score (nSPS) is 20.4. The van der Waals surface area contributed by atoms with Crippen LogP contribution < -0.4 is 36.9 Å². The topological polar surface area (TPSA) is 138 Å². The van der Waals surface area contributed by atoms with Gasteiger partial charge >= 0.3 is 6.09 Å². The third-order valence-electron chi connectivity index (χ3n) is 5.18. The minimum atomic E-state index is -0.807. The number of carbonyl (C=O) groups excluding carboxylic acids is 1. The van der Waals surface area contributed by atoms with Gasteiger partial charge in [-0.2, -0.15) is 0 Å². The van der Waals surface area contributed by atoms with E-state index in [-0.39, 0.29) is 30.5 Å². The van der Waals surface area contributed by atoms with Gasteiger partial charge in [0.25, 0.3) is 10.9 Å². The van der Waals surface area contributed by atoms with E-state index in [9.17, 15) is 19.5 Å². The highest BCUT2D eigenvalue weighted by Crippen LogP contribution is 2.19. The van der Waals surface area contributed by atoms with Crippen LogP contribution in [0.1, 0.15) is 12.5 Å². The summed E-state index contributed by atoms with van der Waals surface area (Å²) in [6, 6.07) is 7.34. The van der Waals surface area contributed by atoms with Gasteiger partial charge in [-0.15, -0.1) is 0 Å². The lowest BCUT2D eigenvalue weighted by Gasteiger charge is -2.22. The number of amides is 1. The average molecular weight is 432 g/mol. The zero-order valence-corrected chi connectivity index (χ0v) is 17.6. The molecule has 0 spiro atoms. The molecule has 168 valence electrons. The minimum Gasteiger partial charge on any atom is -0.497 e. The fourth-order valence-electron chi connectivity index (χ4n) is 3.56. The molecule has 1 fully saturated rings. The number of hydrogen-bond acceptors (Lipinski definition) is 9. The number of carbonyl (C=O) groups is 1. The first-order chi connectivity index (χ1) is 14.9. The molecule has 1 aliphatic heterocycles. The molecule has 0 unspecified atom stereocenters. The van der Waals surface area contributed by atoms with Crippen LogP contribution >= 0.6 is 0 Å². The molecule has 1 saturated heterocycles. The van der Waals surface area contributed by atoms with Crippen molar-refractivity contribution in [2.75, 3.05) is 43.9 Å². The third kappa shape index (κ3) is 5.33. The second-order valence-electron chi connectivity index (χ2n) is 7.30. The van der Waals surface area contributed by atoms with Gasteiger partial charge < -0.3 is 35.8 Å². The highest BCUT2D eigenvalue weighted by Gasteiger charge is 2.37. The first-order valence-corrected chi connectivity index (χ1v) is 10.2. The van der Waals surface area contributed by atoms with Crippen LogP contribution in [0.15, 0.2) is 33.9 Å². The maximum absolute atomic E-state index is 12.2. The molecule has 0 saturated carbocycles. The van der Waals surface area contributed by atoms with Crippen LogP contribution in [0.2, 0.25) is 0 Å². The number of aliphatic hydroxyl groups is 1. The van der Waals surface area contributed by atoms with E-state index in [4.69, 9.17) is 9.47 Å². The Balaban J connectivity index is 1.45. The van der Waals surface area contributed by atoms with Gasteiger partial charge in [-0.05, 0) is 31.0 Å². The van der Waals surface area contributed by atoms with Crippen molar-refractivity contribution in [3.05, 3.63) is 50.3 Å². The summed E-state index contributed by atoms with van der Waals surface area (Å²) in [6.07, 6.45) is -1.58. The zero-order chi connectivity index (χ0) is 22.4. The lowest BCUT2D eigenvalue weighted by molar-refractivity contribution is 0.0191. The van der Waals surface area contributed by atoms with E-state index in [0.717, 1.165) is 11.3 Å². The van der Waals surface area contributed by atoms with Gasteiger partial charge in [0.2, 0.25) is 0 Å². The Hall–Kier alpha value is -3.11. The summed E-state index contributed by atoms with van der Waals surface area (Å²) in [5.74, 6) is 0.755. The number of rotatable bonds is 10. The van der Waals surface area contributed by atoms with Crippen molar-refractivity contribution >= 4 is 17.5 Å². The number of hydrogen-bond donors (Lipinski definition) is 5. The third-order valence-corrected chi connectivity index (χ3v) is 5.18. The Morgan fingerprint density at radius 2 is 1.81 bits per heavy atom. The van der Waals surface area contributed by atoms with Gasteiger partial charge in [0.1, 0.15) is 29.3 Å². The molecule has 2 aromatic carbocycles. The summed E-state index contributed by atoms with van der Waals surface area (Å²) in [5.41, 5.74) is 0.422. The van der Waals surface area contributed by atoms with Gasteiger partial charge in [-0.25, -0.2) is 4.79 Å². The molecular formula is C21H28N4O6. The van der Waals surface area contributed by atoms with Crippen molar-refractivity contribution in [1.29, 1.82) is 0 Å². The number of ether oxygens (including phenoxy) is 2. The number of benzene rings is 1. The van der Waals surface area contributed by atoms with E-state index in [1.54, 1.807) is 7.11 Å². The second-order valence-corrected chi connectivity index (χ2v) is 7.30. The molecule has 31 heavy (non-hydrogen) atoms. The molecule has 3 atom stereocenters. The highest BCUT2D eigenvalue weighted by atomic mass is 16.6. The van der Waals surface area contributed by atoms with Gasteiger partial charge in [-0.1, -0.05) is 12.1 Å². The van der Waals surface area contributed by atoms with Crippen LogP contribution in [0.3, 0.4) is 0 Å². The molecule has 2 aromatic rings. The standard InChI is InChI=1S/C21H28N4O6/c1-3-22-16-17(19(28)18(16)27)23-8-9-24-21(29)31-20-14(25-11-15(20)26)10-12-4-6-13(30-2)7-5-12/h4-7,14-15,20,22-23,25-26H,3,8-11H2,1-2H3,(H,24,29)/t14-,15+,20+/m1/s1. The Bertz CT molecular complexity index is 954. The van der Waals surface area contributed by atoms with E-state index < -0.39 is 29.2 Å². The Labute approximate surface area is 179 Å². The van der Waals surface area contributed by atoms with E-state index >= 15 is 0 Å².